The summed E-state index contributed by atoms with van der Waals surface area (Å²) in [6.45, 7) is 0. The summed E-state index contributed by atoms with van der Waals surface area (Å²) in [5, 5.41) is 6.85. The quantitative estimate of drug-likeness (QED) is 0.497. The van der Waals surface area contributed by atoms with Crippen molar-refractivity contribution in [2.75, 3.05) is 0 Å². The Bertz CT molecular complexity index is 885. The molecule has 0 aliphatic heterocycles. The first-order valence-corrected chi connectivity index (χ1v) is 5.97. The van der Waals surface area contributed by atoms with Gasteiger partial charge in [0.25, 0.3) is 0 Å². The van der Waals surface area contributed by atoms with Crippen LogP contribution in [-0.2, 0) is 6.18 Å². The molecule has 3 nitrogen and oxygen atoms in total. The molecule has 0 radical (unpaired) electrons. The van der Waals surface area contributed by atoms with Crippen LogP contribution in [-0.4, -0.2) is 15.0 Å². The molecular weight excluding hydrogens is 331 g/mol. The topological polar surface area (TPSA) is 30.7 Å². The number of halogens is 7. The lowest BCUT2D eigenvalue weighted by Gasteiger charge is -2.14. The highest BCUT2D eigenvalue weighted by atomic mass is 19.4. The van der Waals surface area contributed by atoms with Crippen molar-refractivity contribution < 1.29 is 30.7 Å². The minimum Gasteiger partial charge on any atom is -0.207 e. The van der Waals surface area contributed by atoms with Gasteiger partial charge in [0.05, 0.1) is 5.52 Å². The lowest BCUT2D eigenvalue weighted by atomic mass is 10.1. The summed E-state index contributed by atoms with van der Waals surface area (Å²) >= 11 is 0. The lowest BCUT2D eigenvalue weighted by Crippen LogP contribution is -2.18. The van der Waals surface area contributed by atoms with Crippen LogP contribution in [0.5, 0.6) is 0 Å². The van der Waals surface area contributed by atoms with Crippen LogP contribution in [0, 0.1) is 23.3 Å². The highest BCUT2D eigenvalue weighted by Gasteiger charge is 2.42. The Morgan fingerprint density at radius 1 is 0.826 bits per heavy atom. The second-order valence-corrected chi connectivity index (χ2v) is 4.47. The van der Waals surface area contributed by atoms with E-state index in [9.17, 15) is 30.7 Å². The van der Waals surface area contributed by atoms with E-state index >= 15 is 0 Å². The zero-order valence-electron chi connectivity index (χ0n) is 10.8. The second-order valence-electron chi connectivity index (χ2n) is 4.47. The highest BCUT2D eigenvalue weighted by Crippen LogP contribution is 2.38. The molecule has 3 aromatic rings. The summed E-state index contributed by atoms with van der Waals surface area (Å²) in [4.78, 5) is 0. The second kappa shape index (κ2) is 4.93. The highest BCUT2D eigenvalue weighted by molar-refractivity contribution is 5.76. The molecule has 1 heterocycles. The van der Waals surface area contributed by atoms with E-state index in [1.165, 1.54) is 24.3 Å². The van der Waals surface area contributed by atoms with Gasteiger partial charge in [-0.3, -0.25) is 0 Å². The van der Waals surface area contributed by atoms with Crippen LogP contribution in [0.3, 0.4) is 0 Å². The van der Waals surface area contributed by atoms with Crippen LogP contribution < -0.4 is 0 Å². The Labute approximate surface area is 122 Å². The smallest absolute Gasteiger partial charge is 0.207 e. The fraction of sp³-hybridized carbons (Fsp3) is 0.0769. The van der Waals surface area contributed by atoms with E-state index in [0.717, 1.165) is 0 Å². The first-order valence-electron chi connectivity index (χ1n) is 5.97. The summed E-state index contributed by atoms with van der Waals surface area (Å²) in [6, 6.07) is 5.61. The van der Waals surface area contributed by atoms with E-state index in [-0.39, 0.29) is 11.0 Å². The van der Waals surface area contributed by atoms with E-state index in [2.05, 4.69) is 10.3 Å². The van der Waals surface area contributed by atoms with Gasteiger partial charge in [0.2, 0.25) is 0 Å². The molecule has 10 heteroatoms. The van der Waals surface area contributed by atoms with Crippen LogP contribution >= 0.6 is 0 Å². The van der Waals surface area contributed by atoms with Gasteiger partial charge in [-0.15, -0.1) is 5.10 Å². The number of nitrogens with zero attached hydrogens (tertiary/aromatic N) is 3. The minimum absolute atomic E-state index is 0.0381. The molecule has 2 aromatic carbocycles. The predicted molar refractivity (Wildman–Crippen MR) is 63.7 cm³/mol. The van der Waals surface area contributed by atoms with Crippen molar-refractivity contribution in [2.24, 2.45) is 0 Å². The number of benzene rings is 2. The first kappa shape index (κ1) is 15.3. The van der Waals surface area contributed by atoms with Crippen molar-refractivity contribution in [1.29, 1.82) is 0 Å². The third kappa shape index (κ3) is 2.21. The first-order chi connectivity index (χ1) is 10.7. The number of hydrogen-bond donors (Lipinski definition) is 0. The van der Waals surface area contributed by atoms with Crippen molar-refractivity contribution in [3.05, 3.63) is 53.1 Å². The molecule has 0 fully saturated rings. The Kier molecular flexibility index (Phi) is 3.27. The number of alkyl halides is 3. The Morgan fingerprint density at radius 3 is 1.96 bits per heavy atom. The number of hydrogen-bond acceptors (Lipinski definition) is 2. The maximum absolute atomic E-state index is 14.0. The van der Waals surface area contributed by atoms with Gasteiger partial charge < -0.3 is 0 Å². The average molecular weight is 335 g/mol. The van der Waals surface area contributed by atoms with Crippen molar-refractivity contribution in [3.8, 4) is 5.69 Å². The maximum Gasteiger partial charge on any atom is 0.422 e. The van der Waals surface area contributed by atoms with E-state index in [1.54, 1.807) is 0 Å². The van der Waals surface area contributed by atoms with E-state index in [1.807, 2.05) is 0 Å². The van der Waals surface area contributed by atoms with Gasteiger partial charge in [0.1, 0.15) is 16.8 Å². The third-order valence-corrected chi connectivity index (χ3v) is 3.09. The van der Waals surface area contributed by atoms with Crippen molar-refractivity contribution in [3.63, 3.8) is 0 Å². The summed E-state index contributed by atoms with van der Waals surface area (Å²) in [5.74, 6) is -9.53. The molecule has 120 valence electrons. The van der Waals surface area contributed by atoms with Crippen LogP contribution in [0.25, 0.3) is 16.7 Å². The zero-order chi connectivity index (χ0) is 16.9. The molecule has 0 N–H and O–H groups in total. The van der Waals surface area contributed by atoms with Gasteiger partial charge in [-0.1, -0.05) is 17.3 Å². The molecule has 3 rings (SSSR count). The standard InChI is InChI=1S/C13H4F7N3/c14-8-7(13(18,19)20)9(15)11(17)12(10(8)16)23-6-4-2-1-3-5(6)21-22-23/h1-4H. The van der Waals surface area contributed by atoms with E-state index in [4.69, 9.17) is 0 Å². The van der Waals surface area contributed by atoms with Crippen LogP contribution in [0.2, 0.25) is 0 Å². The molecule has 0 atom stereocenters. The van der Waals surface area contributed by atoms with Crippen molar-refractivity contribution in [2.45, 2.75) is 6.18 Å². The van der Waals surface area contributed by atoms with E-state index < -0.39 is 40.7 Å². The fourth-order valence-corrected chi connectivity index (χ4v) is 2.09. The molecule has 23 heavy (non-hydrogen) atoms. The molecule has 0 spiro atoms. The Morgan fingerprint density at radius 2 is 1.39 bits per heavy atom. The average Bonchev–Trinajstić information content (AvgIpc) is 2.88. The molecular formula is C13H4F7N3. The van der Waals surface area contributed by atoms with Gasteiger partial charge >= 0.3 is 6.18 Å². The SMILES string of the molecule is Fc1c(F)c(C(F)(F)F)c(F)c(F)c1-n1nnc2ccccc21. The molecule has 0 unspecified atom stereocenters. The normalized spacial score (nSPS) is 12.1. The number of rotatable bonds is 1. The summed E-state index contributed by atoms with van der Waals surface area (Å²) in [5.41, 5.74) is -3.96. The summed E-state index contributed by atoms with van der Waals surface area (Å²) in [7, 11) is 0. The molecule has 0 amide bonds. The fourth-order valence-electron chi connectivity index (χ4n) is 2.09. The van der Waals surface area contributed by atoms with Crippen molar-refractivity contribution >= 4 is 11.0 Å². The Balaban J connectivity index is 2.38. The largest absolute Gasteiger partial charge is 0.422 e. The van der Waals surface area contributed by atoms with Crippen molar-refractivity contribution in [1.82, 2.24) is 15.0 Å². The molecule has 0 bridgehead atoms. The van der Waals surface area contributed by atoms with Crippen LogP contribution in [0.15, 0.2) is 24.3 Å². The monoisotopic (exact) mass is 335 g/mol. The molecule has 0 aliphatic carbocycles. The lowest BCUT2D eigenvalue weighted by molar-refractivity contribution is -0.143. The van der Waals surface area contributed by atoms with Crippen LogP contribution in [0.1, 0.15) is 5.56 Å². The van der Waals surface area contributed by atoms with Gasteiger partial charge in [-0.25, -0.2) is 22.2 Å². The molecule has 0 saturated carbocycles. The van der Waals surface area contributed by atoms with Gasteiger partial charge in [-0.05, 0) is 12.1 Å². The molecule has 0 aliphatic rings. The maximum atomic E-state index is 14.0. The molecule has 0 saturated heterocycles. The number of aromatic nitrogens is 3. The predicted octanol–water partition coefficient (Wildman–Crippen LogP) is 4.00. The Hall–Kier alpha value is -2.65. The van der Waals surface area contributed by atoms with Gasteiger partial charge in [0.15, 0.2) is 23.3 Å². The third-order valence-electron chi connectivity index (χ3n) is 3.09. The summed E-state index contributed by atoms with van der Waals surface area (Å²) < 4.78 is 93.2. The minimum atomic E-state index is -5.60. The van der Waals surface area contributed by atoms with E-state index in [0.29, 0.717) is 4.68 Å². The van der Waals surface area contributed by atoms with Gasteiger partial charge in [-0.2, -0.15) is 13.2 Å². The summed E-state index contributed by atoms with van der Waals surface area (Å²) in [6.07, 6.45) is -5.60. The number of fused-ring (bicyclic) bond motifs is 1. The number of para-hydroxylation sites is 1. The molecule has 1 aromatic heterocycles. The zero-order valence-corrected chi connectivity index (χ0v) is 10.8. The van der Waals surface area contributed by atoms with Gasteiger partial charge in [0, 0.05) is 0 Å². The van der Waals surface area contributed by atoms with Crippen LogP contribution in [0.4, 0.5) is 30.7 Å².